The fourth-order valence-corrected chi connectivity index (χ4v) is 1.63. The largest absolute Gasteiger partial charge is 0.497 e. The highest BCUT2D eigenvalue weighted by molar-refractivity contribution is 6.04. The van der Waals surface area contributed by atoms with Gasteiger partial charge in [-0.15, -0.1) is 0 Å². The maximum atomic E-state index is 12.2. The van der Waals surface area contributed by atoms with Gasteiger partial charge in [0.25, 0.3) is 5.91 Å². The van der Waals surface area contributed by atoms with Gasteiger partial charge in [0.05, 0.1) is 19.0 Å². The van der Waals surface area contributed by atoms with E-state index in [1.807, 2.05) is 12.1 Å². The monoisotopic (exact) mass is 257 g/mol. The molecule has 1 amide bonds. The quantitative estimate of drug-likeness (QED) is 0.912. The van der Waals surface area contributed by atoms with Crippen molar-refractivity contribution in [3.63, 3.8) is 0 Å². The highest BCUT2D eigenvalue weighted by atomic mass is 16.5. The molecule has 0 fully saturated rings. The number of pyridine rings is 1. The number of hydrogen-bond donors (Lipinski definition) is 1. The third-order valence-corrected chi connectivity index (χ3v) is 2.77. The lowest BCUT2D eigenvalue weighted by Crippen LogP contribution is -2.26. The predicted octanol–water partition coefficient (Wildman–Crippen LogP) is 1.95. The van der Waals surface area contributed by atoms with Crippen LogP contribution in [-0.4, -0.2) is 25.0 Å². The lowest BCUT2D eigenvalue weighted by Gasteiger charge is -2.17. The van der Waals surface area contributed by atoms with Crippen molar-refractivity contribution in [2.75, 3.05) is 24.8 Å². The van der Waals surface area contributed by atoms with Gasteiger partial charge < -0.3 is 15.4 Å². The molecule has 0 unspecified atom stereocenters. The Labute approximate surface area is 111 Å². The van der Waals surface area contributed by atoms with E-state index in [0.29, 0.717) is 11.4 Å². The minimum absolute atomic E-state index is 0.190. The van der Waals surface area contributed by atoms with Gasteiger partial charge >= 0.3 is 0 Å². The van der Waals surface area contributed by atoms with Crippen LogP contribution in [-0.2, 0) is 0 Å². The number of nitrogen functional groups attached to an aromatic ring is 1. The van der Waals surface area contributed by atoms with E-state index in [0.717, 1.165) is 11.4 Å². The van der Waals surface area contributed by atoms with Crippen molar-refractivity contribution < 1.29 is 9.53 Å². The molecule has 0 bridgehead atoms. The molecule has 0 saturated heterocycles. The number of anilines is 2. The van der Waals surface area contributed by atoms with E-state index in [1.54, 1.807) is 38.4 Å². The summed E-state index contributed by atoms with van der Waals surface area (Å²) in [7, 11) is 3.30. The van der Waals surface area contributed by atoms with Gasteiger partial charge in [0.2, 0.25) is 0 Å². The SMILES string of the molecule is COc1ccc(N(C)C(=O)c2ccc(N)cn2)cc1. The molecule has 98 valence electrons. The van der Waals surface area contributed by atoms with Crippen LogP contribution in [0, 0.1) is 0 Å². The second-order valence-electron chi connectivity index (χ2n) is 4.04. The lowest BCUT2D eigenvalue weighted by molar-refractivity contribution is 0.0988. The first kappa shape index (κ1) is 12.9. The number of nitrogens with zero attached hydrogens (tertiary/aromatic N) is 2. The van der Waals surface area contributed by atoms with Gasteiger partial charge in [-0.25, -0.2) is 4.98 Å². The summed E-state index contributed by atoms with van der Waals surface area (Å²) in [5, 5.41) is 0. The van der Waals surface area contributed by atoms with Crippen LogP contribution in [0.1, 0.15) is 10.5 Å². The molecule has 2 N–H and O–H groups in total. The normalized spacial score (nSPS) is 10.0. The number of amides is 1. The van der Waals surface area contributed by atoms with Crippen LogP contribution in [0.15, 0.2) is 42.6 Å². The van der Waals surface area contributed by atoms with E-state index in [1.165, 1.54) is 11.1 Å². The third-order valence-electron chi connectivity index (χ3n) is 2.77. The molecule has 0 aliphatic carbocycles. The second-order valence-corrected chi connectivity index (χ2v) is 4.04. The van der Waals surface area contributed by atoms with Crippen molar-refractivity contribution >= 4 is 17.3 Å². The summed E-state index contributed by atoms with van der Waals surface area (Å²) in [5.74, 6) is 0.556. The minimum Gasteiger partial charge on any atom is -0.497 e. The molecule has 1 aromatic carbocycles. The number of aromatic nitrogens is 1. The molecular formula is C14H15N3O2. The van der Waals surface area contributed by atoms with Crippen LogP contribution < -0.4 is 15.4 Å². The molecule has 5 heteroatoms. The Bertz CT molecular complexity index is 564. The summed E-state index contributed by atoms with van der Waals surface area (Å²) in [6, 6.07) is 10.5. The van der Waals surface area contributed by atoms with E-state index in [2.05, 4.69) is 4.98 Å². The van der Waals surface area contributed by atoms with Crippen molar-refractivity contribution in [2.24, 2.45) is 0 Å². The molecule has 0 radical (unpaired) electrons. The van der Waals surface area contributed by atoms with Crippen LogP contribution >= 0.6 is 0 Å². The topological polar surface area (TPSA) is 68.5 Å². The summed E-state index contributed by atoms with van der Waals surface area (Å²) in [6.07, 6.45) is 1.47. The van der Waals surface area contributed by atoms with Crippen molar-refractivity contribution in [3.05, 3.63) is 48.3 Å². The van der Waals surface area contributed by atoms with E-state index in [-0.39, 0.29) is 5.91 Å². The number of hydrogen-bond acceptors (Lipinski definition) is 4. The number of methoxy groups -OCH3 is 1. The zero-order valence-electron chi connectivity index (χ0n) is 10.8. The Hall–Kier alpha value is -2.56. The van der Waals surface area contributed by atoms with Crippen molar-refractivity contribution in [1.82, 2.24) is 4.98 Å². The Balaban J connectivity index is 2.20. The Morgan fingerprint density at radius 2 is 1.89 bits per heavy atom. The number of benzene rings is 1. The predicted molar refractivity (Wildman–Crippen MR) is 74.4 cm³/mol. The van der Waals surface area contributed by atoms with E-state index >= 15 is 0 Å². The van der Waals surface area contributed by atoms with Crippen LogP contribution in [0.3, 0.4) is 0 Å². The third kappa shape index (κ3) is 2.82. The Morgan fingerprint density at radius 3 is 2.42 bits per heavy atom. The first-order valence-electron chi connectivity index (χ1n) is 5.75. The summed E-state index contributed by atoms with van der Waals surface area (Å²) in [5.41, 5.74) is 7.20. The van der Waals surface area contributed by atoms with Crippen molar-refractivity contribution in [1.29, 1.82) is 0 Å². The minimum atomic E-state index is -0.190. The fraction of sp³-hybridized carbons (Fsp3) is 0.143. The molecule has 5 nitrogen and oxygen atoms in total. The molecule has 0 aliphatic heterocycles. The van der Waals surface area contributed by atoms with E-state index < -0.39 is 0 Å². The van der Waals surface area contributed by atoms with Gasteiger partial charge in [0.1, 0.15) is 11.4 Å². The average molecular weight is 257 g/mol. The van der Waals surface area contributed by atoms with Crippen LogP contribution in [0.25, 0.3) is 0 Å². The molecule has 0 spiro atoms. The van der Waals surface area contributed by atoms with Gasteiger partial charge in [0.15, 0.2) is 0 Å². The molecule has 2 rings (SSSR count). The zero-order valence-corrected chi connectivity index (χ0v) is 10.8. The van der Waals surface area contributed by atoms with Crippen LogP contribution in [0.5, 0.6) is 5.75 Å². The van der Waals surface area contributed by atoms with E-state index in [4.69, 9.17) is 10.5 Å². The molecular weight excluding hydrogens is 242 g/mol. The maximum Gasteiger partial charge on any atom is 0.276 e. The zero-order chi connectivity index (χ0) is 13.8. The summed E-state index contributed by atoms with van der Waals surface area (Å²) in [6.45, 7) is 0. The van der Waals surface area contributed by atoms with E-state index in [9.17, 15) is 4.79 Å². The Kier molecular flexibility index (Phi) is 3.66. The summed E-state index contributed by atoms with van der Waals surface area (Å²) >= 11 is 0. The van der Waals surface area contributed by atoms with Gasteiger partial charge in [-0.05, 0) is 36.4 Å². The van der Waals surface area contributed by atoms with Gasteiger partial charge in [-0.2, -0.15) is 0 Å². The highest BCUT2D eigenvalue weighted by Crippen LogP contribution is 2.19. The number of rotatable bonds is 3. The Morgan fingerprint density at radius 1 is 1.21 bits per heavy atom. The molecule has 1 aromatic heterocycles. The molecule has 0 saturated carbocycles. The highest BCUT2D eigenvalue weighted by Gasteiger charge is 2.14. The number of carbonyl (C=O) groups is 1. The second kappa shape index (κ2) is 5.39. The fourth-order valence-electron chi connectivity index (χ4n) is 1.63. The van der Waals surface area contributed by atoms with Gasteiger partial charge in [-0.3, -0.25) is 4.79 Å². The number of ether oxygens (including phenoxy) is 1. The van der Waals surface area contributed by atoms with Crippen LogP contribution in [0.4, 0.5) is 11.4 Å². The van der Waals surface area contributed by atoms with Crippen LogP contribution in [0.2, 0.25) is 0 Å². The summed E-state index contributed by atoms with van der Waals surface area (Å²) in [4.78, 5) is 17.7. The molecule has 19 heavy (non-hydrogen) atoms. The maximum absolute atomic E-state index is 12.2. The number of carbonyl (C=O) groups excluding carboxylic acids is 1. The molecule has 2 aromatic rings. The average Bonchev–Trinajstić information content (AvgIpc) is 2.46. The smallest absolute Gasteiger partial charge is 0.276 e. The number of nitrogens with two attached hydrogens (primary N) is 1. The summed E-state index contributed by atoms with van der Waals surface area (Å²) < 4.78 is 5.08. The van der Waals surface area contributed by atoms with Gasteiger partial charge in [0, 0.05) is 12.7 Å². The lowest BCUT2D eigenvalue weighted by atomic mass is 10.2. The first-order chi connectivity index (χ1) is 9.11. The standard InChI is InChI=1S/C14H15N3O2/c1-17(11-4-6-12(19-2)7-5-11)14(18)13-8-3-10(15)9-16-13/h3-9H,15H2,1-2H3. The van der Waals surface area contributed by atoms with Crippen molar-refractivity contribution in [3.8, 4) is 5.75 Å². The molecule has 1 heterocycles. The van der Waals surface area contributed by atoms with Gasteiger partial charge in [-0.1, -0.05) is 0 Å². The molecule has 0 aliphatic rings. The molecule has 0 atom stereocenters. The van der Waals surface area contributed by atoms with Crippen molar-refractivity contribution in [2.45, 2.75) is 0 Å². The first-order valence-corrected chi connectivity index (χ1v) is 5.75.